The summed E-state index contributed by atoms with van der Waals surface area (Å²) in [4.78, 5) is 18.9. The average Bonchev–Trinajstić information content (AvgIpc) is 3.12. The van der Waals surface area contributed by atoms with E-state index in [2.05, 4.69) is 20.6 Å². The van der Waals surface area contributed by atoms with Crippen molar-refractivity contribution >= 4 is 17.3 Å². The van der Waals surface area contributed by atoms with Crippen LogP contribution in [0, 0.1) is 15.9 Å². The third kappa shape index (κ3) is 4.38. The summed E-state index contributed by atoms with van der Waals surface area (Å²) in [5, 5.41) is 17.3. The molecule has 1 aromatic carbocycles. The van der Waals surface area contributed by atoms with Crippen molar-refractivity contribution in [3.8, 4) is 0 Å². The molecule has 9 heteroatoms. The van der Waals surface area contributed by atoms with E-state index >= 15 is 0 Å². The van der Waals surface area contributed by atoms with E-state index in [4.69, 9.17) is 4.74 Å². The predicted octanol–water partition coefficient (Wildman–Crippen LogP) is 2.73. The molecule has 1 aromatic heterocycles. The lowest BCUT2D eigenvalue weighted by molar-refractivity contribution is -0.383. The molecule has 0 radical (unpaired) electrons. The van der Waals surface area contributed by atoms with Gasteiger partial charge in [-0.3, -0.25) is 10.1 Å². The van der Waals surface area contributed by atoms with Gasteiger partial charge in [-0.15, -0.1) is 0 Å². The number of hydrogen-bond acceptors (Lipinski definition) is 7. The number of halogens is 1. The molecule has 2 aromatic rings. The number of ether oxygens (including phenoxy) is 1. The van der Waals surface area contributed by atoms with Crippen LogP contribution in [-0.2, 0) is 11.3 Å². The summed E-state index contributed by atoms with van der Waals surface area (Å²) in [5.74, 6) is -0.0753. The molecule has 0 aliphatic carbocycles. The molecule has 8 nitrogen and oxygen atoms in total. The van der Waals surface area contributed by atoms with E-state index in [0.29, 0.717) is 13.2 Å². The number of nitro groups is 1. The molecule has 25 heavy (non-hydrogen) atoms. The van der Waals surface area contributed by atoms with Gasteiger partial charge in [0.05, 0.1) is 11.0 Å². The highest BCUT2D eigenvalue weighted by Gasteiger charge is 2.24. The Kier molecular flexibility index (Phi) is 5.34. The van der Waals surface area contributed by atoms with Gasteiger partial charge in [-0.05, 0) is 30.5 Å². The zero-order valence-electron chi connectivity index (χ0n) is 13.4. The lowest BCUT2D eigenvalue weighted by Gasteiger charge is -2.13. The fourth-order valence-electron chi connectivity index (χ4n) is 2.61. The van der Waals surface area contributed by atoms with Crippen molar-refractivity contribution in [3.05, 3.63) is 52.1 Å². The highest BCUT2D eigenvalue weighted by molar-refractivity contribution is 5.69. The van der Waals surface area contributed by atoms with Gasteiger partial charge in [-0.25, -0.2) is 14.4 Å². The highest BCUT2D eigenvalue weighted by atomic mass is 19.1. The van der Waals surface area contributed by atoms with Gasteiger partial charge in [0.1, 0.15) is 12.1 Å². The first-order valence-electron chi connectivity index (χ1n) is 7.96. The highest BCUT2D eigenvalue weighted by Crippen LogP contribution is 2.29. The van der Waals surface area contributed by atoms with Crippen LogP contribution in [0.5, 0.6) is 0 Å². The summed E-state index contributed by atoms with van der Waals surface area (Å²) in [6.45, 7) is 1.45. The van der Waals surface area contributed by atoms with Crippen LogP contribution in [0.25, 0.3) is 0 Å². The number of rotatable bonds is 7. The molecule has 1 fully saturated rings. The Bertz CT molecular complexity index is 735. The normalized spacial score (nSPS) is 16.6. The molecular weight excluding hydrogens is 329 g/mol. The molecule has 3 rings (SSSR count). The summed E-state index contributed by atoms with van der Waals surface area (Å²) in [5.41, 5.74) is 0.561. The van der Waals surface area contributed by atoms with Crippen LogP contribution in [0.3, 0.4) is 0 Å². The van der Waals surface area contributed by atoms with E-state index in [9.17, 15) is 14.5 Å². The molecule has 1 unspecified atom stereocenters. The first-order chi connectivity index (χ1) is 12.1. The van der Waals surface area contributed by atoms with Gasteiger partial charge in [0.25, 0.3) is 0 Å². The van der Waals surface area contributed by atoms with Crippen LogP contribution >= 0.6 is 0 Å². The molecule has 2 heterocycles. The van der Waals surface area contributed by atoms with E-state index in [1.54, 1.807) is 12.1 Å². The lowest BCUT2D eigenvalue weighted by Crippen LogP contribution is -2.20. The van der Waals surface area contributed by atoms with Crippen molar-refractivity contribution < 1.29 is 14.1 Å². The van der Waals surface area contributed by atoms with Crippen molar-refractivity contribution in [2.45, 2.75) is 25.5 Å². The average molecular weight is 347 g/mol. The van der Waals surface area contributed by atoms with Gasteiger partial charge in [-0.2, -0.15) is 0 Å². The van der Waals surface area contributed by atoms with Crippen molar-refractivity contribution in [2.24, 2.45) is 0 Å². The van der Waals surface area contributed by atoms with Gasteiger partial charge in [-0.1, -0.05) is 12.1 Å². The Morgan fingerprint density at radius 1 is 1.24 bits per heavy atom. The smallest absolute Gasteiger partial charge is 0.353 e. The van der Waals surface area contributed by atoms with E-state index in [1.165, 1.54) is 18.5 Å². The van der Waals surface area contributed by atoms with Crippen LogP contribution in [0.4, 0.5) is 21.7 Å². The molecule has 1 aliphatic heterocycles. The minimum Gasteiger partial charge on any atom is -0.376 e. The van der Waals surface area contributed by atoms with Crippen molar-refractivity contribution in [3.63, 3.8) is 0 Å². The molecular formula is C16H18FN5O3. The van der Waals surface area contributed by atoms with Gasteiger partial charge >= 0.3 is 5.69 Å². The van der Waals surface area contributed by atoms with Gasteiger partial charge < -0.3 is 15.4 Å². The largest absolute Gasteiger partial charge is 0.376 e. The number of benzene rings is 1. The summed E-state index contributed by atoms with van der Waals surface area (Å²) >= 11 is 0. The SMILES string of the molecule is O=[N+]([O-])c1c(NCc2ccc(F)cc2)ncnc1NCC1CCCO1. The number of aromatic nitrogens is 2. The van der Waals surface area contributed by atoms with Gasteiger partial charge in [0.2, 0.25) is 11.6 Å². The zero-order valence-corrected chi connectivity index (χ0v) is 13.4. The zero-order chi connectivity index (χ0) is 17.6. The molecule has 0 saturated carbocycles. The second kappa shape index (κ2) is 7.84. The van der Waals surface area contributed by atoms with Crippen molar-refractivity contribution in [2.75, 3.05) is 23.8 Å². The van der Waals surface area contributed by atoms with Crippen LogP contribution < -0.4 is 10.6 Å². The van der Waals surface area contributed by atoms with E-state index in [0.717, 1.165) is 18.4 Å². The Balaban J connectivity index is 1.72. The molecule has 2 N–H and O–H groups in total. The van der Waals surface area contributed by atoms with Gasteiger partial charge in [0, 0.05) is 19.7 Å². The van der Waals surface area contributed by atoms with E-state index in [-0.39, 0.29) is 35.8 Å². The number of anilines is 2. The standard InChI is InChI=1S/C16H18FN5O3/c17-12-5-3-11(4-6-12)8-18-15-14(22(23)24)16(21-10-20-15)19-9-13-2-1-7-25-13/h3-6,10,13H,1-2,7-9H2,(H2,18,19,20,21). The van der Waals surface area contributed by atoms with E-state index in [1.807, 2.05) is 0 Å². The topological polar surface area (TPSA) is 102 Å². The number of nitrogens with one attached hydrogen (secondary N) is 2. The van der Waals surface area contributed by atoms with Crippen LogP contribution in [0.2, 0.25) is 0 Å². The Morgan fingerprint density at radius 3 is 2.60 bits per heavy atom. The maximum absolute atomic E-state index is 12.9. The second-order valence-corrected chi connectivity index (χ2v) is 5.67. The molecule has 0 spiro atoms. The molecule has 1 saturated heterocycles. The monoisotopic (exact) mass is 347 g/mol. The lowest BCUT2D eigenvalue weighted by atomic mass is 10.2. The molecule has 0 amide bonds. The Labute approximate surface area is 143 Å². The molecule has 1 atom stereocenters. The third-order valence-electron chi connectivity index (χ3n) is 3.90. The summed E-state index contributed by atoms with van der Waals surface area (Å²) in [7, 11) is 0. The van der Waals surface area contributed by atoms with Gasteiger partial charge in [0.15, 0.2) is 0 Å². The quantitative estimate of drug-likeness (QED) is 0.586. The van der Waals surface area contributed by atoms with Crippen molar-refractivity contribution in [1.82, 2.24) is 9.97 Å². The molecule has 132 valence electrons. The van der Waals surface area contributed by atoms with Crippen LogP contribution in [-0.4, -0.2) is 34.1 Å². The second-order valence-electron chi connectivity index (χ2n) is 5.67. The first kappa shape index (κ1) is 17.0. The third-order valence-corrected chi connectivity index (χ3v) is 3.90. The summed E-state index contributed by atoms with van der Waals surface area (Å²) < 4.78 is 18.4. The Hall–Kier alpha value is -2.81. The summed E-state index contributed by atoms with van der Waals surface area (Å²) in [6, 6.07) is 5.87. The van der Waals surface area contributed by atoms with Crippen LogP contribution in [0.15, 0.2) is 30.6 Å². The maximum atomic E-state index is 12.9. The molecule has 1 aliphatic rings. The Morgan fingerprint density at radius 2 is 1.96 bits per heavy atom. The van der Waals surface area contributed by atoms with E-state index < -0.39 is 4.92 Å². The minimum absolute atomic E-state index is 0.0326. The minimum atomic E-state index is -0.523. The van der Waals surface area contributed by atoms with Crippen LogP contribution in [0.1, 0.15) is 18.4 Å². The fraction of sp³-hybridized carbons (Fsp3) is 0.375. The fourth-order valence-corrected chi connectivity index (χ4v) is 2.61. The molecule has 0 bridgehead atoms. The van der Waals surface area contributed by atoms with Crippen molar-refractivity contribution in [1.29, 1.82) is 0 Å². The number of nitrogens with zero attached hydrogens (tertiary/aromatic N) is 3. The summed E-state index contributed by atoms with van der Waals surface area (Å²) in [6.07, 6.45) is 3.20. The first-order valence-corrected chi connectivity index (χ1v) is 7.96. The predicted molar refractivity (Wildman–Crippen MR) is 89.9 cm³/mol. The maximum Gasteiger partial charge on any atom is 0.353 e. The number of hydrogen-bond donors (Lipinski definition) is 2.